The number of hydrogen-bond donors (Lipinski definition) is 1. The average Bonchev–Trinajstić information content (AvgIpc) is 2.81. The molecule has 0 bridgehead atoms. The Bertz CT molecular complexity index is 691. The first-order valence-corrected chi connectivity index (χ1v) is 9.38. The summed E-state index contributed by atoms with van der Waals surface area (Å²) >= 11 is 1.53. The van der Waals surface area contributed by atoms with Gasteiger partial charge in [0.2, 0.25) is 5.91 Å². The number of thioether (sulfide) groups is 1. The Morgan fingerprint density at radius 3 is 2.54 bits per heavy atom. The Morgan fingerprint density at radius 2 is 1.92 bits per heavy atom. The number of imidazole rings is 1. The van der Waals surface area contributed by atoms with Gasteiger partial charge < -0.3 is 9.88 Å². The molecule has 24 heavy (non-hydrogen) atoms. The maximum atomic E-state index is 12.4. The second-order valence-corrected chi connectivity index (χ2v) is 7.49. The highest BCUT2D eigenvalue weighted by molar-refractivity contribution is 8.00. The maximum Gasteiger partial charge on any atom is 0.237 e. The normalized spacial score (nSPS) is 12.2. The first-order chi connectivity index (χ1) is 11.4. The predicted molar refractivity (Wildman–Crippen MR) is 102 cm³/mol. The van der Waals surface area contributed by atoms with E-state index in [2.05, 4.69) is 28.7 Å². The van der Waals surface area contributed by atoms with E-state index in [0.717, 1.165) is 35.9 Å². The smallest absolute Gasteiger partial charge is 0.237 e. The molecule has 5 heteroatoms. The van der Waals surface area contributed by atoms with Crippen molar-refractivity contribution in [3.63, 3.8) is 0 Å². The van der Waals surface area contributed by atoms with Gasteiger partial charge in [0.15, 0.2) is 5.16 Å². The minimum Gasteiger partial charge on any atom is -0.325 e. The van der Waals surface area contributed by atoms with Crippen LogP contribution in [0, 0.1) is 20.8 Å². The van der Waals surface area contributed by atoms with E-state index in [1.54, 1.807) is 0 Å². The molecule has 130 valence electrons. The molecule has 4 nitrogen and oxygen atoms in total. The van der Waals surface area contributed by atoms with Crippen molar-refractivity contribution in [2.75, 3.05) is 5.32 Å². The van der Waals surface area contributed by atoms with Crippen LogP contribution in [0.25, 0.3) is 0 Å². The molecular formula is C19H27N3OS. The Hall–Kier alpha value is -1.75. The van der Waals surface area contributed by atoms with Crippen molar-refractivity contribution in [3.8, 4) is 0 Å². The van der Waals surface area contributed by atoms with Gasteiger partial charge in [-0.1, -0.05) is 42.8 Å². The Kier molecular flexibility index (Phi) is 6.49. The fraction of sp³-hybridized carbons (Fsp3) is 0.474. The van der Waals surface area contributed by atoms with Crippen LogP contribution in [0.15, 0.2) is 29.4 Å². The number of aromatic nitrogens is 2. The Labute approximate surface area is 149 Å². The summed E-state index contributed by atoms with van der Waals surface area (Å²) in [5, 5.41) is 3.71. The highest BCUT2D eigenvalue weighted by atomic mass is 32.2. The van der Waals surface area contributed by atoms with Crippen molar-refractivity contribution in [2.45, 2.75) is 64.4 Å². The number of hydrogen-bond acceptors (Lipinski definition) is 3. The summed E-state index contributed by atoms with van der Waals surface area (Å²) in [5.74, 6) is 0.00389. The van der Waals surface area contributed by atoms with Gasteiger partial charge in [0, 0.05) is 17.9 Å². The molecule has 0 saturated heterocycles. The number of anilines is 1. The van der Waals surface area contributed by atoms with E-state index in [0.29, 0.717) is 0 Å². The fourth-order valence-corrected chi connectivity index (χ4v) is 3.41. The number of rotatable bonds is 7. The number of carbonyl (C=O) groups is 1. The molecule has 1 atom stereocenters. The highest BCUT2D eigenvalue weighted by Gasteiger charge is 2.19. The van der Waals surface area contributed by atoms with Crippen LogP contribution in [0.4, 0.5) is 5.69 Å². The molecule has 0 aliphatic heterocycles. The van der Waals surface area contributed by atoms with E-state index in [4.69, 9.17) is 0 Å². The van der Waals surface area contributed by atoms with Crippen molar-refractivity contribution in [2.24, 2.45) is 0 Å². The second kappa shape index (κ2) is 8.38. The van der Waals surface area contributed by atoms with Crippen LogP contribution in [-0.4, -0.2) is 20.7 Å². The van der Waals surface area contributed by atoms with Gasteiger partial charge in [-0.05, 0) is 46.2 Å². The molecule has 1 amide bonds. The van der Waals surface area contributed by atoms with Crippen molar-refractivity contribution in [1.29, 1.82) is 0 Å². The molecule has 0 saturated carbocycles. The zero-order valence-electron chi connectivity index (χ0n) is 15.2. The molecule has 0 spiro atoms. The number of aryl methyl sites for hydroxylation is 2. The average molecular weight is 346 g/mol. The van der Waals surface area contributed by atoms with Gasteiger partial charge in [-0.3, -0.25) is 4.79 Å². The number of amides is 1. The van der Waals surface area contributed by atoms with Gasteiger partial charge in [0.25, 0.3) is 0 Å². The van der Waals surface area contributed by atoms with Gasteiger partial charge in [-0.25, -0.2) is 4.98 Å². The molecule has 0 aliphatic rings. The molecule has 1 N–H and O–H groups in total. The summed E-state index contributed by atoms with van der Waals surface area (Å²) in [6.45, 7) is 11.2. The highest BCUT2D eigenvalue weighted by Crippen LogP contribution is 2.26. The number of nitrogens with one attached hydrogen (secondary N) is 1. The summed E-state index contributed by atoms with van der Waals surface area (Å²) in [7, 11) is 0. The topological polar surface area (TPSA) is 46.9 Å². The minimum atomic E-state index is -0.201. The lowest BCUT2D eigenvalue weighted by molar-refractivity contribution is -0.115. The monoisotopic (exact) mass is 345 g/mol. The maximum absolute atomic E-state index is 12.4. The summed E-state index contributed by atoms with van der Waals surface area (Å²) in [5.41, 5.74) is 4.25. The lowest BCUT2D eigenvalue weighted by Crippen LogP contribution is -2.23. The Balaban J connectivity index is 2.05. The standard InChI is InChI=1S/C19H27N3OS/c1-6-7-12-22-15(4)14(3)20-19(22)24-16(5)18(23)21-17-10-8-13(2)9-11-17/h8-11,16H,6-7,12H2,1-5H3,(H,21,23). The molecule has 0 aliphatic carbocycles. The van der Waals surface area contributed by atoms with Crippen LogP contribution < -0.4 is 5.32 Å². The van der Waals surface area contributed by atoms with Gasteiger partial charge >= 0.3 is 0 Å². The molecule has 1 heterocycles. The number of benzene rings is 1. The van der Waals surface area contributed by atoms with Gasteiger partial charge in [-0.15, -0.1) is 0 Å². The lowest BCUT2D eigenvalue weighted by atomic mass is 10.2. The van der Waals surface area contributed by atoms with Crippen LogP contribution in [0.3, 0.4) is 0 Å². The lowest BCUT2D eigenvalue weighted by Gasteiger charge is -2.14. The quantitative estimate of drug-likeness (QED) is 0.738. The van der Waals surface area contributed by atoms with Crippen molar-refractivity contribution >= 4 is 23.4 Å². The third kappa shape index (κ3) is 4.63. The number of nitrogens with zero attached hydrogens (tertiary/aromatic N) is 2. The largest absolute Gasteiger partial charge is 0.325 e. The third-order valence-electron chi connectivity index (χ3n) is 4.13. The molecule has 2 rings (SSSR count). The van der Waals surface area contributed by atoms with Gasteiger partial charge in [0.05, 0.1) is 10.9 Å². The number of carbonyl (C=O) groups excluding carboxylic acids is 1. The number of unbranched alkanes of at least 4 members (excludes halogenated alkanes) is 1. The molecule has 1 unspecified atom stereocenters. The molecule has 0 fully saturated rings. The molecule has 0 radical (unpaired) electrons. The van der Waals surface area contributed by atoms with Crippen molar-refractivity contribution in [1.82, 2.24) is 9.55 Å². The molecule has 1 aromatic carbocycles. The van der Waals surface area contributed by atoms with Crippen LogP contribution >= 0.6 is 11.8 Å². The van der Waals surface area contributed by atoms with E-state index in [-0.39, 0.29) is 11.2 Å². The van der Waals surface area contributed by atoms with Crippen molar-refractivity contribution in [3.05, 3.63) is 41.2 Å². The van der Waals surface area contributed by atoms with Gasteiger partial charge in [-0.2, -0.15) is 0 Å². The summed E-state index contributed by atoms with van der Waals surface area (Å²) in [6.07, 6.45) is 2.26. The van der Waals surface area contributed by atoms with Crippen LogP contribution in [0.5, 0.6) is 0 Å². The zero-order valence-corrected chi connectivity index (χ0v) is 16.0. The van der Waals surface area contributed by atoms with E-state index in [1.807, 2.05) is 45.0 Å². The fourth-order valence-electron chi connectivity index (χ4n) is 2.39. The SMILES string of the molecule is CCCCn1c(SC(C)C(=O)Nc2ccc(C)cc2)nc(C)c1C. The van der Waals surface area contributed by atoms with E-state index < -0.39 is 0 Å². The van der Waals surface area contributed by atoms with Crippen LogP contribution in [0.2, 0.25) is 0 Å². The van der Waals surface area contributed by atoms with Gasteiger partial charge in [0.1, 0.15) is 0 Å². The molecule has 2 aromatic rings. The van der Waals surface area contributed by atoms with Crippen LogP contribution in [0.1, 0.15) is 43.6 Å². The van der Waals surface area contributed by atoms with E-state index in [1.165, 1.54) is 23.0 Å². The Morgan fingerprint density at radius 1 is 1.25 bits per heavy atom. The first kappa shape index (κ1) is 18.6. The molecular weight excluding hydrogens is 318 g/mol. The summed E-state index contributed by atoms with van der Waals surface area (Å²) < 4.78 is 2.24. The van der Waals surface area contributed by atoms with E-state index in [9.17, 15) is 4.79 Å². The zero-order chi connectivity index (χ0) is 17.7. The summed E-state index contributed by atoms with van der Waals surface area (Å²) in [6, 6.07) is 7.86. The minimum absolute atomic E-state index is 0.00389. The first-order valence-electron chi connectivity index (χ1n) is 8.50. The van der Waals surface area contributed by atoms with Crippen molar-refractivity contribution < 1.29 is 4.79 Å². The van der Waals surface area contributed by atoms with Crippen LogP contribution in [-0.2, 0) is 11.3 Å². The second-order valence-electron chi connectivity index (χ2n) is 6.19. The predicted octanol–water partition coefficient (Wildman–Crippen LogP) is 4.73. The molecule has 1 aromatic heterocycles. The third-order valence-corrected chi connectivity index (χ3v) is 5.22. The van der Waals surface area contributed by atoms with E-state index >= 15 is 0 Å². The summed E-state index contributed by atoms with van der Waals surface area (Å²) in [4.78, 5) is 17.1.